The lowest BCUT2D eigenvalue weighted by molar-refractivity contribution is 0.147. The largest absolute Gasteiger partial charge is 0.334 e. The second kappa shape index (κ2) is 8.97. The molecule has 0 spiro atoms. The Hall–Kier alpha value is -1.29. The molecule has 1 N–H and O–H groups in total. The summed E-state index contributed by atoms with van der Waals surface area (Å²) in [6.45, 7) is 11.2. The van der Waals surface area contributed by atoms with Crippen molar-refractivity contribution in [2.24, 2.45) is 0 Å². The van der Waals surface area contributed by atoms with Crippen LogP contribution < -0.4 is 5.43 Å². The van der Waals surface area contributed by atoms with Crippen molar-refractivity contribution < 1.29 is 4.79 Å². The average molecular weight is 225 g/mol. The Kier molecular flexibility index (Phi) is 8.25. The van der Waals surface area contributed by atoms with Crippen molar-refractivity contribution in [3.63, 3.8) is 0 Å². The van der Waals surface area contributed by atoms with Crippen molar-refractivity contribution in [1.29, 1.82) is 0 Å². The molecule has 0 aromatic carbocycles. The molecule has 0 saturated carbocycles. The monoisotopic (exact) mass is 225 g/mol. The SMILES string of the molecule is C=CCNN(CC=C)C(=O)N(C)CCCC. The van der Waals surface area contributed by atoms with Crippen molar-refractivity contribution in [2.75, 3.05) is 26.7 Å². The third kappa shape index (κ3) is 5.56. The van der Waals surface area contributed by atoms with Gasteiger partial charge < -0.3 is 4.90 Å². The van der Waals surface area contributed by atoms with Crippen LogP contribution >= 0.6 is 0 Å². The van der Waals surface area contributed by atoms with Crippen LogP contribution in [-0.2, 0) is 0 Å². The second-order valence-corrected chi connectivity index (χ2v) is 3.61. The summed E-state index contributed by atoms with van der Waals surface area (Å²) in [5.74, 6) is 0. The fourth-order valence-electron chi connectivity index (χ4n) is 1.21. The quantitative estimate of drug-likeness (QED) is 0.506. The van der Waals surface area contributed by atoms with E-state index in [1.807, 2.05) is 7.05 Å². The van der Waals surface area contributed by atoms with E-state index in [1.54, 1.807) is 22.1 Å². The average Bonchev–Trinajstić information content (AvgIpc) is 2.30. The maximum Gasteiger partial charge on any atom is 0.334 e. The van der Waals surface area contributed by atoms with Crippen molar-refractivity contribution >= 4 is 6.03 Å². The molecule has 0 fully saturated rings. The second-order valence-electron chi connectivity index (χ2n) is 3.61. The lowest BCUT2D eigenvalue weighted by atomic mass is 10.3. The highest BCUT2D eigenvalue weighted by molar-refractivity contribution is 5.73. The summed E-state index contributed by atoms with van der Waals surface area (Å²) in [5.41, 5.74) is 2.98. The fourth-order valence-corrected chi connectivity index (χ4v) is 1.21. The molecule has 0 radical (unpaired) electrons. The lowest BCUT2D eigenvalue weighted by Crippen LogP contribution is -2.49. The number of nitrogens with zero attached hydrogens (tertiary/aromatic N) is 2. The third-order valence-corrected chi connectivity index (χ3v) is 2.14. The lowest BCUT2D eigenvalue weighted by Gasteiger charge is -2.27. The molecule has 2 amide bonds. The van der Waals surface area contributed by atoms with Gasteiger partial charge in [0.2, 0.25) is 0 Å². The minimum Gasteiger partial charge on any atom is -0.327 e. The van der Waals surface area contributed by atoms with Crippen molar-refractivity contribution in [3.8, 4) is 0 Å². The summed E-state index contributed by atoms with van der Waals surface area (Å²) < 4.78 is 0. The van der Waals surface area contributed by atoms with Crippen LogP contribution in [0.2, 0.25) is 0 Å². The molecule has 0 aromatic heterocycles. The first-order valence-electron chi connectivity index (χ1n) is 5.65. The number of hydrogen-bond donors (Lipinski definition) is 1. The molecule has 0 unspecified atom stereocenters. The van der Waals surface area contributed by atoms with Crippen LogP contribution in [0, 0.1) is 0 Å². The molecule has 0 bridgehead atoms. The summed E-state index contributed by atoms with van der Waals surface area (Å²) >= 11 is 0. The smallest absolute Gasteiger partial charge is 0.327 e. The van der Waals surface area contributed by atoms with Crippen LogP contribution in [0.4, 0.5) is 4.79 Å². The Morgan fingerprint density at radius 3 is 2.56 bits per heavy atom. The minimum absolute atomic E-state index is 0.0322. The first kappa shape index (κ1) is 14.7. The van der Waals surface area contributed by atoms with Gasteiger partial charge in [0.25, 0.3) is 0 Å². The number of urea groups is 1. The van der Waals surface area contributed by atoms with E-state index in [2.05, 4.69) is 25.5 Å². The Morgan fingerprint density at radius 2 is 2.06 bits per heavy atom. The van der Waals surface area contributed by atoms with E-state index >= 15 is 0 Å². The van der Waals surface area contributed by atoms with E-state index in [-0.39, 0.29) is 6.03 Å². The minimum atomic E-state index is -0.0322. The number of carbonyl (C=O) groups is 1. The number of unbranched alkanes of at least 4 members (excludes halogenated alkanes) is 1. The van der Waals surface area contributed by atoms with E-state index in [0.29, 0.717) is 13.1 Å². The Bertz CT molecular complexity index is 228. The highest BCUT2D eigenvalue weighted by Crippen LogP contribution is 1.97. The molecule has 16 heavy (non-hydrogen) atoms. The molecule has 0 saturated heterocycles. The Balaban J connectivity index is 4.22. The van der Waals surface area contributed by atoms with Crippen LogP contribution in [0.5, 0.6) is 0 Å². The van der Waals surface area contributed by atoms with Gasteiger partial charge in [0.05, 0.1) is 6.54 Å². The standard InChI is InChI=1S/C12H23N3O/c1-5-8-11-14(4)12(16)15(10-7-3)13-9-6-2/h6-7,13H,2-3,5,8-11H2,1,4H3. The van der Waals surface area contributed by atoms with Crippen LogP contribution in [0.1, 0.15) is 19.8 Å². The fraction of sp³-hybridized carbons (Fsp3) is 0.583. The normalized spacial score (nSPS) is 9.62. The number of carbonyl (C=O) groups excluding carboxylic acids is 1. The number of hydrogen-bond acceptors (Lipinski definition) is 2. The summed E-state index contributed by atoms with van der Waals surface area (Å²) in [7, 11) is 1.81. The summed E-state index contributed by atoms with van der Waals surface area (Å²) in [5, 5.41) is 1.55. The maximum atomic E-state index is 12.0. The van der Waals surface area contributed by atoms with E-state index in [9.17, 15) is 4.79 Å². The highest BCUT2D eigenvalue weighted by atomic mass is 16.2. The molecule has 0 atom stereocenters. The Labute approximate surface area is 98.6 Å². The molecule has 0 aliphatic rings. The van der Waals surface area contributed by atoms with Gasteiger partial charge >= 0.3 is 6.03 Å². The van der Waals surface area contributed by atoms with Gasteiger partial charge in [-0.05, 0) is 6.42 Å². The van der Waals surface area contributed by atoms with Gasteiger partial charge in [-0.25, -0.2) is 10.2 Å². The molecular formula is C12H23N3O. The summed E-state index contributed by atoms with van der Waals surface area (Å²) in [6.07, 6.45) is 5.52. The molecule has 4 heteroatoms. The predicted octanol–water partition coefficient (Wildman–Crippen LogP) is 2.02. The number of hydrazine groups is 1. The first-order valence-corrected chi connectivity index (χ1v) is 5.65. The van der Waals surface area contributed by atoms with Gasteiger partial charge in [-0.1, -0.05) is 25.5 Å². The number of amides is 2. The maximum absolute atomic E-state index is 12.0. The molecule has 0 aromatic rings. The van der Waals surface area contributed by atoms with Crippen LogP contribution in [0.3, 0.4) is 0 Å². The molecule has 92 valence electrons. The summed E-state index contributed by atoms with van der Waals surface area (Å²) in [6, 6.07) is -0.0322. The van der Waals surface area contributed by atoms with Crippen LogP contribution in [0.25, 0.3) is 0 Å². The Morgan fingerprint density at radius 1 is 1.38 bits per heavy atom. The highest BCUT2D eigenvalue weighted by Gasteiger charge is 2.15. The zero-order valence-corrected chi connectivity index (χ0v) is 10.4. The van der Waals surface area contributed by atoms with Crippen LogP contribution in [-0.4, -0.2) is 42.6 Å². The third-order valence-electron chi connectivity index (χ3n) is 2.14. The molecule has 0 rings (SSSR count). The topological polar surface area (TPSA) is 35.6 Å². The zero-order valence-electron chi connectivity index (χ0n) is 10.4. The van der Waals surface area contributed by atoms with Gasteiger partial charge in [0.1, 0.15) is 0 Å². The van der Waals surface area contributed by atoms with Crippen LogP contribution in [0.15, 0.2) is 25.3 Å². The molecule has 0 aliphatic heterocycles. The molecular weight excluding hydrogens is 202 g/mol. The van der Waals surface area contributed by atoms with Gasteiger partial charge in [-0.15, -0.1) is 13.2 Å². The van der Waals surface area contributed by atoms with Gasteiger partial charge in [0, 0.05) is 20.1 Å². The first-order chi connectivity index (χ1) is 7.67. The van der Waals surface area contributed by atoms with E-state index < -0.39 is 0 Å². The number of nitrogens with one attached hydrogen (secondary N) is 1. The predicted molar refractivity (Wildman–Crippen MR) is 68.0 cm³/mol. The molecule has 0 heterocycles. The van der Waals surface area contributed by atoms with Crippen molar-refractivity contribution in [3.05, 3.63) is 25.3 Å². The van der Waals surface area contributed by atoms with Crippen molar-refractivity contribution in [2.45, 2.75) is 19.8 Å². The van der Waals surface area contributed by atoms with E-state index in [4.69, 9.17) is 0 Å². The molecule has 4 nitrogen and oxygen atoms in total. The van der Waals surface area contributed by atoms with E-state index in [1.165, 1.54) is 0 Å². The van der Waals surface area contributed by atoms with Gasteiger partial charge in [-0.3, -0.25) is 5.01 Å². The zero-order chi connectivity index (χ0) is 12.4. The molecule has 0 aliphatic carbocycles. The van der Waals surface area contributed by atoms with Gasteiger partial charge in [-0.2, -0.15) is 0 Å². The summed E-state index contributed by atoms with van der Waals surface area (Å²) in [4.78, 5) is 13.7. The van der Waals surface area contributed by atoms with E-state index in [0.717, 1.165) is 19.4 Å². The number of rotatable bonds is 8. The van der Waals surface area contributed by atoms with Gasteiger partial charge in [0.15, 0.2) is 0 Å². The van der Waals surface area contributed by atoms with Crippen molar-refractivity contribution in [1.82, 2.24) is 15.3 Å².